The molecule has 6 heterocycles. The summed E-state index contributed by atoms with van der Waals surface area (Å²) in [6.45, 7) is 2.88. The summed E-state index contributed by atoms with van der Waals surface area (Å²) in [4.78, 5) is 34.5. The first-order chi connectivity index (χ1) is 25.6. The van der Waals surface area contributed by atoms with Crippen molar-refractivity contribution in [3.05, 3.63) is 103 Å². The minimum absolute atomic E-state index is 0.418. The Morgan fingerprint density at radius 2 is 1.29 bits per heavy atom. The molecule has 0 bridgehead atoms. The van der Waals surface area contributed by atoms with Gasteiger partial charge in [0.1, 0.15) is 34.0 Å². The lowest BCUT2D eigenvalue weighted by Gasteiger charge is -2.20. The van der Waals surface area contributed by atoms with Crippen LogP contribution in [0.25, 0.3) is 30.9 Å². The second kappa shape index (κ2) is 14.0. The molecule has 0 spiro atoms. The van der Waals surface area contributed by atoms with E-state index in [1.54, 1.807) is 35.3 Å². The minimum atomic E-state index is 0.418. The van der Waals surface area contributed by atoms with Crippen LogP contribution in [-0.2, 0) is 38.8 Å². The molecule has 2 atom stereocenters. The molecule has 10 rings (SSSR count). The molecular formula is C38H36N12S2. The number of aryl methyl sites for hydroxylation is 2. The number of hydrogen-bond donors (Lipinski definition) is 3. The van der Waals surface area contributed by atoms with Gasteiger partial charge in [0.25, 0.3) is 0 Å². The number of thiophene rings is 2. The zero-order chi connectivity index (χ0) is 35.0. The number of aliphatic imine (C=N–C) groups is 2. The topological polar surface area (TPSA) is 175 Å². The second-order valence-corrected chi connectivity index (χ2v) is 15.9. The fourth-order valence-corrected chi connectivity index (χ4v) is 10.3. The largest absolute Gasteiger partial charge is 0.340 e. The van der Waals surface area contributed by atoms with E-state index in [9.17, 15) is 0 Å². The van der Waals surface area contributed by atoms with Crippen molar-refractivity contribution in [2.24, 2.45) is 32.7 Å². The highest BCUT2D eigenvalue weighted by molar-refractivity contribution is 7.19. The van der Waals surface area contributed by atoms with Gasteiger partial charge in [0.15, 0.2) is 0 Å². The highest BCUT2D eigenvalue weighted by atomic mass is 32.1. The summed E-state index contributed by atoms with van der Waals surface area (Å²) >= 11 is 3.53. The molecule has 12 nitrogen and oxygen atoms in total. The fraction of sp³-hybridized carbons (Fsp3) is 0.316. The van der Waals surface area contributed by atoms with Gasteiger partial charge in [-0.2, -0.15) is 0 Å². The van der Waals surface area contributed by atoms with E-state index < -0.39 is 0 Å². The van der Waals surface area contributed by atoms with Crippen LogP contribution < -0.4 is 16.4 Å². The third-order valence-electron chi connectivity index (χ3n) is 10.4. The molecule has 4 aromatic heterocycles. The zero-order valence-electron chi connectivity index (χ0n) is 28.4. The highest BCUT2D eigenvalue weighted by Crippen LogP contribution is 2.42. The van der Waals surface area contributed by atoms with Crippen molar-refractivity contribution in [1.82, 2.24) is 19.9 Å². The third-order valence-corrected chi connectivity index (χ3v) is 12.8. The molecule has 0 fully saturated rings. The average Bonchev–Trinajstić information content (AvgIpc) is 3.98. The molecule has 0 saturated heterocycles. The molecule has 4 aliphatic rings. The number of benzene rings is 2. The Kier molecular flexibility index (Phi) is 8.81. The van der Waals surface area contributed by atoms with E-state index >= 15 is 0 Å². The molecule has 260 valence electrons. The van der Waals surface area contributed by atoms with Crippen molar-refractivity contribution in [3.63, 3.8) is 0 Å². The summed E-state index contributed by atoms with van der Waals surface area (Å²) < 4.78 is 0. The molecule has 4 N–H and O–H groups in total. The lowest BCUT2D eigenvalue weighted by molar-refractivity contribution is 0.475. The Morgan fingerprint density at radius 3 is 1.83 bits per heavy atom. The van der Waals surface area contributed by atoms with Crippen LogP contribution in [0.1, 0.15) is 56.0 Å². The van der Waals surface area contributed by atoms with E-state index in [0.717, 1.165) is 96.2 Å². The smallest absolute Gasteiger partial charge is 0.142 e. The van der Waals surface area contributed by atoms with Gasteiger partial charge in [-0.3, -0.25) is 9.98 Å². The highest BCUT2D eigenvalue weighted by Gasteiger charge is 2.26. The van der Waals surface area contributed by atoms with E-state index in [-0.39, 0.29) is 0 Å². The fourth-order valence-electron chi connectivity index (χ4n) is 7.69. The summed E-state index contributed by atoms with van der Waals surface area (Å²) in [5, 5.41) is 13.1. The van der Waals surface area contributed by atoms with Crippen molar-refractivity contribution < 1.29 is 0 Å². The van der Waals surface area contributed by atoms with Gasteiger partial charge in [-0.15, -0.1) is 22.7 Å². The zero-order valence-corrected chi connectivity index (χ0v) is 30.1. The Labute approximate surface area is 308 Å². The molecular weight excluding hydrogens is 689 g/mol. The molecule has 14 heteroatoms. The van der Waals surface area contributed by atoms with Gasteiger partial charge in [0, 0.05) is 45.0 Å². The number of nitrogens with two attached hydrogens (primary N) is 1. The van der Waals surface area contributed by atoms with Gasteiger partial charge in [0.05, 0.1) is 23.9 Å². The number of nitrogens with one attached hydrogen (secondary N) is 2. The molecule has 2 unspecified atom stereocenters. The maximum Gasteiger partial charge on any atom is 0.142 e. The maximum atomic E-state index is 8.57. The van der Waals surface area contributed by atoms with E-state index in [0.29, 0.717) is 18.4 Å². The lowest BCUT2D eigenvalue weighted by atomic mass is 9.88. The van der Waals surface area contributed by atoms with E-state index in [4.69, 9.17) is 11.3 Å². The van der Waals surface area contributed by atoms with E-state index in [2.05, 4.69) is 87.0 Å². The summed E-state index contributed by atoms with van der Waals surface area (Å²) in [5.74, 6) is 2.78. The van der Waals surface area contributed by atoms with Crippen molar-refractivity contribution in [2.45, 2.75) is 51.6 Å². The van der Waals surface area contributed by atoms with Gasteiger partial charge in [-0.1, -0.05) is 17.2 Å². The number of fused-ring (bicyclic) bond motifs is 8. The minimum Gasteiger partial charge on any atom is -0.340 e. The van der Waals surface area contributed by atoms with Gasteiger partial charge in [0.2, 0.25) is 0 Å². The summed E-state index contributed by atoms with van der Waals surface area (Å²) in [6, 6.07) is 12.7. The number of anilines is 4. The Balaban J connectivity index is 0.000000139. The molecule has 6 aromatic rings. The lowest BCUT2D eigenvalue weighted by Crippen LogP contribution is -2.21. The first-order valence-corrected chi connectivity index (χ1v) is 19.3. The Hall–Kier alpha value is -5.27. The molecule has 2 aromatic carbocycles. The molecule has 2 aliphatic carbocycles. The van der Waals surface area contributed by atoms with Crippen LogP contribution in [0.4, 0.5) is 23.0 Å². The van der Waals surface area contributed by atoms with Crippen LogP contribution >= 0.6 is 22.7 Å². The monoisotopic (exact) mass is 724 g/mol. The van der Waals surface area contributed by atoms with Gasteiger partial charge in [-0.25, -0.2) is 19.9 Å². The number of hydrogen-bond acceptors (Lipinski definition) is 12. The van der Waals surface area contributed by atoms with Crippen LogP contribution in [0.15, 0.2) is 64.2 Å². The Bertz CT molecular complexity index is 2440. The first kappa shape index (κ1) is 32.6. The number of azide groups is 1. The van der Waals surface area contributed by atoms with Gasteiger partial charge < -0.3 is 16.4 Å². The predicted octanol–water partition coefficient (Wildman–Crippen LogP) is 8.21. The third kappa shape index (κ3) is 6.28. The number of nitrogens with zero attached hydrogens (tertiary/aromatic N) is 9. The molecule has 52 heavy (non-hydrogen) atoms. The summed E-state index contributed by atoms with van der Waals surface area (Å²) in [7, 11) is 0. The van der Waals surface area contributed by atoms with Gasteiger partial charge in [-0.05, 0) is 120 Å². The first-order valence-electron chi connectivity index (χ1n) is 17.6. The standard InChI is InChI=1S/C19H17N7S.C19H19N5S/c20-26-24-7-11-1-4-15-16(5-11)27-19-17(15)18(22-10-23-19)25-14-3-2-12-8-21-9-13(12)6-14;20-7-11-1-4-15-16(5-11)25-19-17(15)18(22-10-23-19)24-14-3-2-12-8-21-9-13(12)6-14/h2-3,6,9-11H,1,4-5,7-8H2,(H,22,23,25);2-3,6,9-11H,1,4-5,7-8,20H2,(H,22,23,24). The molecule has 2 aliphatic heterocycles. The summed E-state index contributed by atoms with van der Waals surface area (Å²) in [5.41, 5.74) is 24.2. The number of rotatable bonds is 7. The van der Waals surface area contributed by atoms with Crippen molar-refractivity contribution in [1.29, 1.82) is 0 Å². The van der Waals surface area contributed by atoms with Crippen LogP contribution in [0.2, 0.25) is 0 Å². The second-order valence-electron chi connectivity index (χ2n) is 13.7. The molecule has 0 saturated carbocycles. The molecule has 0 amide bonds. The van der Waals surface area contributed by atoms with Gasteiger partial charge >= 0.3 is 0 Å². The predicted molar refractivity (Wildman–Crippen MR) is 211 cm³/mol. The van der Waals surface area contributed by atoms with Crippen LogP contribution in [0.3, 0.4) is 0 Å². The van der Waals surface area contributed by atoms with Crippen molar-refractivity contribution in [2.75, 3.05) is 23.7 Å². The normalized spacial score (nSPS) is 17.9. The van der Waals surface area contributed by atoms with E-state index in [1.165, 1.54) is 48.5 Å². The summed E-state index contributed by atoms with van der Waals surface area (Å²) in [6.07, 6.45) is 13.4. The van der Waals surface area contributed by atoms with Crippen LogP contribution in [0, 0.1) is 11.8 Å². The van der Waals surface area contributed by atoms with E-state index in [1.807, 2.05) is 12.4 Å². The molecule has 0 radical (unpaired) electrons. The number of aromatic nitrogens is 4. The Morgan fingerprint density at radius 1 is 0.750 bits per heavy atom. The quantitative estimate of drug-likeness (QED) is 0.0844. The maximum absolute atomic E-state index is 8.57. The van der Waals surface area contributed by atoms with Crippen molar-refractivity contribution in [3.8, 4) is 0 Å². The van der Waals surface area contributed by atoms with Crippen LogP contribution in [0.5, 0.6) is 0 Å². The average molecular weight is 725 g/mol. The van der Waals surface area contributed by atoms with Crippen LogP contribution in [-0.4, -0.2) is 45.5 Å². The van der Waals surface area contributed by atoms with Crippen molar-refractivity contribution >= 4 is 78.5 Å². The SMILES string of the molecule is NCC1CCc2c(sc3ncnc(Nc4ccc5c(c4)C=NC5)c23)C1.[N-]=[N+]=NCC1CCc2c(sc3ncnc(Nc4ccc5c(c4)C=NC5)c23)C1.